The van der Waals surface area contributed by atoms with Crippen molar-refractivity contribution >= 4 is 17.8 Å². The van der Waals surface area contributed by atoms with E-state index in [0.717, 1.165) is 0 Å². The van der Waals surface area contributed by atoms with Crippen LogP contribution in [0.4, 0.5) is 0 Å². The van der Waals surface area contributed by atoms with Crippen LogP contribution < -0.4 is 0 Å². The lowest BCUT2D eigenvalue weighted by Crippen LogP contribution is -2.30. The maximum Gasteiger partial charge on any atom is 0.312 e. The number of imide groups is 1. The zero-order chi connectivity index (χ0) is 17.9. The van der Waals surface area contributed by atoms with Gasteiger partial charge in [0.1, 0.15) is 0 Å². The summed E-state index contributed by atoms with van der Waals surface area (Å²) < 4.78 is 5.22. The van der Waals surface area contributed by atoms with Crippen molar-refractivity contribution in [2.24, 2.45) is 5.41 Å². The van der Waals surface area contributed by atoms with Gasteiger partial charge in [-0.3, -0.25) is 19.3 Å². The van der Waals surface area contributed by atoms with Crippen molar-refractivity contribution in [3.8, 4) is 11.8 Å². The summed E-state index contributed by atoms with van der Waals surface area (Å²) in [6.07, 6.45) is -0.193. The molecule has 0 spiro atoms. The van der Waals surface area contributed by atoms with E-state index in [4.69, 9.17) is 4.74 Å². The molecule has 0 radical (unpaired) electrons. The fraction of sp³-hybridized carbons (Fsp3) is 0.421. The van der Waals surface area contributed by atoms with Crippen LogP contribution in [0.3, 0.4) is 0 Å². The molecule has 0 aromatic heterocycles. The van der Waals surface area contributed by atoms with E-state index < -0.39 is 11.5 Å². The van der Waals surface area contributed by atoms with Gasteiger partial charge in [0.25, 0.3) is 11.8 Å². The monoisotopic (exact) mass is 327 g/mol. The van der Waals surface area contributed by atoms with Crippen LogP contribution >= 0.6 is 0 Å². The lowest BCUT2D eigenvalue weighted by atomic mass is 9.97. The number of esters is 1. The maximum absolute atomic E-state index is 12.2. The zero-order valence-electron chi connectivity index (χ0n) is 14.4. The molecule has 0 aliphatic carbocycles. The van der Waals surface area contributed by atoms with Crippen LogP contribution in [0.5, 0.6) is 0 Å². The van der Waals surface area contributed by atoms with Gasteiger partial charge in [-0.05, 0) is 39.8 Å². The van der Waals surface area contributed by atoms with E-state index >= 15 is 0 Å². The van der Waals surface area contributed by atoms with E-state index in [1.807, 2.05) is 0 Å². The number of hydrogen-bond donors (Lipinski definition) is 0. The molecule has 0 saturated heterocycles. The molecule has 1 aliphatic rings. The number of rotatable bonds is 3. The first-order valence-electron chi connectivity index (χ1n) is 7.86. The van der Waals surface area contributed by atoms with E-state index in [2.05, 4.69) is 11.8 Å². The molecule has 0 N–H and O–H groups in total. The topological polar surface area (TPSA) is 63.7 Å². The van der Waals surface area contributed by atoms with Gasteiger partial charge in [-0.2, -0.15) is 0 Å². The molecule has 1 atom stereocenters. The van der Waals surface area contributed by atoms with E-state index in [-0.39, 0.29) is 24.3 Å². The summed E-state index contributed by atoms with van der Waals surface area (Å²) >= 11 is 0. The molecule has 126 valence electrons. The Hall–Kier alpha value is -2.61. The standard InChI is InChI=1S/C19H21NO4/c1-13(24-18(23)19(2,3)4)9-7-8-12-20-16(21)14-10-5-6-11-15(14)17(20)22/h5-6,10-11,13H,8,12H2,1-4H3. The van der Waals surface area contributed by atoms with Crippen molar-refractivity contribution in [1.82, 2.24) is 4.90 Å². The van der Waals surface area contributed by atoms with Crippen LogP contribution in [0.25, 0.3) is 0 Å². The average molecular weight is 327 g/mol. The number of fused-ring (bicyclic) bond motifs is 1. The Morgan fingerprint density at radius 1 is 1.17 bits per heavy atom. The maximum atomic E-state index is 12.2. The van der Waals surface area contributed by atoms with E-state index in [0.29, 0.717) is 17.5 Å². The molecule has 0 fully saturated rings. The predicted octanol–water partition coefficient (Wildman–Crippen LogP) is 2.65. The highest BCUT2D eigenvalue weighted by atomic mass is 16.5. The highest BCUT2D eigenvalue weighted by Gasteiger charge is 2.34. The molecular formula is C19H21NO4. The van der Waals surface area contributed by atoms with Crippen LogP contribution in [-0.2, 0) is 9.53 Å². The predicted molar refractivity (Wildman–Crippen MR) is 89.2 cm³/mol. The Kier molecular flexibility index (Phi) is 5.08. The Labute approximate surface area is 142 Å². The molecule has 5 nitrogen and oxygen atoms in total. The van der Waals surface area contributed by atoms with Gasteiger partial charge in [-0.25, -0.2) is 0 Å². The van der Waals surface area contributed by atoms with Gasteiger partial charge in [0.15, 0.2) is 6.10 Å². The third-order valence-electron chi connectivity index (χ3n) is 3.54. The molecule has 24 heavy (non-hydrogen) atoms. The number of carbonyl (C=O) groups excluding carboxylic acids is 3. The SMILES string of the molecule is CC(C#CCCN1C(=O)c2ccccc2C1=O)OC(=O)C(C)(C)C. The van der Waals surface area contributed by atoms with E-state index in [1.165, 1.54) is 4.90 Å². The highest BCUT2D eigenvalue weighted by molar-refractivity contribution is 6.21. The summed E-state index contributed by atoms with van der Waals surface area (Å²) in [5, 5.41) is 0. The van der Waals surface area contributed by atoms with Crippen LogP contribution in [0, 0.1) is 17.3 Å². The van der Waals surface area contributed by atoms with Crippen molar-refractivity contribution in [3.05, 3.63) is 35.4 Å². The van der Waals surface area contributed by atoms with Crippen LogP contribution in [0.2, 0.25) is 0 Å². The normalized spacial score (nSPS) is 14.8. The Morgan fingerprint density at radius 2 is 1.71 bits per heavy atom. The van der Waals surface area contributed by atoms with Gasteiger partial charge >= 0.3 is 5.97 Å². The smallest absolute Gasteiger partial charge is 0.312 e. The third-order valence-corrected chi connectivity index (χ3v) is 3.54. The zero-order valence-corrected chi connectivity index (χ0v) is 14.4. The van der Waals surface area contributed by atoms with Crippen LogP contribution in [0.1, 0.15) is 54.8 Å². The van der Waals surface area contributed by atoms with Crippen molar-refractivity contribution in [2.45, 2.75) is 40.2 Å². The van der Waals surface area contributed by atoms with Gasteiger partial charge in [0.2, 0.25) is 0 Å². The van der Waals surface area contributed by atoms with Gasteiger partial charge in [-0.1, -0.05) is 24.0 Å². The largest absolute Gasteiger partial charge is 0.449 e. The van der Waals surface area contributed by atoms with Gasteiger partial charge in [0.05, 0.1) is 16.5 Å². The van der Waals surface area contributed by atoms with Crippen molar-refractivity contribution in [2.75, 3.05) is 6.54 Å². The average Bonchev–Trinajstić information content (AvgIpc) is 2.75. The van der Waals surface area contributed by atoms with E-state index in [1.54, 1.807) is 52.0 Å². The minimum atomic E-state index is -0.573. The fourth-order valence-electron chi connectivity index (χ4n) is 2.19. The molecule has 1 unspecified atom stereocenters. The summed E-state index contributed by atoms with van der Waals surface area (Å²) in [7, 11) is 0. The fourth-order valence-corrected chi connectivity index (χ4v) is 2.19. The molecule has 5 heteroatoms. The molecule has 2 rings (SSSR count). The molecular weight excluding hydrogens is 306 g/mol. The first-order chi connectivity index (χ1) is 11.2. The molecule has 2 amide bonds. The van der Waals surface area contributed by atoms with Crippen LogP contribution in [0.15, 0.2) is 24.3 Å². The van der Waals surface area contributed by atoms with Gasteiger partial charge in [-0.15, -0.1) is 0 Å². The summed E-state index contributed by atoms with van der Waals surface area (Å²) in [6.45, 7) is 7.24. The Morgan fingerprint density at radius 3 is 2.21 bits per heavy atom. The molecule has 1 aromatic rings. The molecule has 0 saturated carbocycles. The molecule has 1 aliphatic heterocycles. The Bertz CT molecular complexity index is 699. The van der Waals surface area contributed by atoms with Crippen molar-refractivity contribution < 1.29 is 19.1 Å². The number of amides is 2. The number of carbonyl (C=O) groups is 3. The summed E-state index contributed by atoms with van der Waals surface area (Å²) in [5.41, 5.74) is 0.293. The number of hydrogen-bond acceptors (Lipinski definition) is 4. The van der Waals surface area contributed by atoms with Crippen molar-refractivity contribution in [1.29, 1.82) is 0 Å². The number of nitrogens with zero attached hydrogens (tertiary/aromatic N) is 1. The second-order valence-corrected chi connectivity index (χ2v) is 6.68. The molecule has 1 aromatic carbocycles. The molecule has 1 heterocycles. The van der Waals surface area contributed by atoms with E-state index in [9.17, 15) is 14.4 Å². The minimum absolute atomic E-state index is 0.222. The first-order valence-corrected chi connectivity index (χ1v) is 7.86. The number of benzene rings is 1. The summed E-state index contributed by atoms with van der Waals surface area (Å²) in [4.78, 5) is 37.3. The van der Waals surface area contributed by atoms with Crippen LogP contribution in [-0.4, -0.2) is 35.3 Å². The van der Waals surface area contributed by atoms with Gasteiger partial charge in [0, 0.05) is 13.0 Å². The lowest BCUT2D eigenvalue weighted by Gasteiger charge is -2.18. The third kappa shape index (κ3) is 3.83. The van der Waals surface area contributed by atoms with Crippen molar-refractivity contribution in [3.63, 3.8) is 0 Å². The number of ether oxygens (including phenoxy) is 1. The molecule has 0 bridgehead atoms. The summed E-state index contributed by atoms with van der Waals surface area (Å²) in [6, 6.07) is 6.77. The Balaban J connectivity index is 1.89. The minimum Gasteiger partial charge on any atom is -0.449 e. The second kappa shape index (κ2) is 6.88. The first kappa shape index (κ1) is 17.7. The van der Waals surface area contributed by atoms with Gasteiger partial charge < -0.3 is 4.74 Å². The second-order valence-electron chi connectivity index (χ2n) is 6.68. The quantitative estimate of drug-likeness (QED) is 0.486. The lowest BCUT2D eigenvalue weighted by molar-refractivity contribution is -0.155. The summed E-state index contributed by atoms with van der Waals surface area (Å²) in [5.74, 6) is 4.79. The highest BCUT2D eigenvalue weighted by Crippen LogP contribution is 2.22.